The standard InChI is InChI=1S/C10H10Br2O2/c1-10(2)4-14-9-6(12)3-5(11)8(13)7(9)10/h3,13H,4H2,1-2H3. The van der Waals surface area contributed by atoms with E-state index in [0.29, 0.717) is 11.1 Å². The molecule has 0 unspecified atom stereocenters. The van der Waals surface area contributed by atoms with Crippen LogP contribution in [-0.4, -0.2) is 11.7 Å². The summed E-state index contributed by atoms with van der Waals surface area (Å²) < 4.78 is 7.13. The average molecular weight is 322 g/mol. The maximum Gasteiger partial charge on any atom is 0.141 e. The zero-order valence-electron chi connectivity index (χ0n) is 7.90. The van der Waals surface area contributed by atoms with Crippen molar-refractivity contribution >= 4 is 31.9 Å². The Balaban J connectivity index is 2.75. The molecule has 0 fully saturated rings. The van der Waals surface area contributed by atoms with Gasteiger partial charge in [0.25, 0.3) is 0 Å². The van der Waals surface area contributed by atoms with Crippen LogP contribution in [0, 0.1) is 0 Å². The zero-order valence-corrected chi connectivity index (χ0v) is 11.1. The Morgan fingerprint density at radius 1 is 1.36 bits per heavy atom. The average Bonchev–Trinajstić information content (AvgIpc) is 2.38. The van der Waals surface area contributed by atoms with Gasteiger partial charge in [-0.3, -0.25) is 0 Å². The number of hydrogen-bond donors (Lipinski definition) is 1. The van der Waals surface area contributed by atoms with E-state index in [2.05, 4.69) is 45.7 Å². The second kappa shape index (κ2) is 3.14. The molecule has 0 bridgehead atoms. The third-order valence-corrected chi connectivity index (χ3v) is 3.61. The molecule has 0 aromatic heterocycles. The Kier molecular flexibility index (Phi) is 2.31. The molecular formula is C10H10Br2O2. The van der Waals surface area contributed by atoms with Crippen LogP contribution in [0.4, 0.5) is 0 Å². The van der Waals surface area contributed by atoms with Crippen molar-refractivity contribution in [3.63, 3.8) is 0 Å². The lowest BCUT2D eigenvalue weighted by atomic mass is 9.86. The molecule has 0 aliphatic carbocycles. The minimum Gasteiger partial charge on any atom is -0.506 e. The third kappa shape index (κ3) is 1.36. The van der Waals surface area contributed by atoms with E-state index >= 15 is 0 Å². The van der Waals surface area contributed by atoms with Gasteiger partial charge in [-0.25, -0.2) is 0 Å². The molecule has 1 aliphatic heterocycles. The second-order valence-corrected chi connectivity index (χ2v) is 5.77. The maximum absolute atomic E-state index is 9.93. The number of halogens is 2. The van der Waals surface area contributed by atoms with Crippen molar-refractivity contribution in [1.82, 2.24) is 0 Å². The number of rotatable bonds is 0. The van der Waals surface area contributed by atoms with Gasteiger partial charge in [0.15, 0.2) is 0 Å². The van der Waals surface area contributed by atoms with Crippen LogP contribution in [0.15, 0.2) is 15.0 Å². The predicted molar refractivity (Wildman–Crippen MR) is 62.0 cm³/mol. The van der Waals surface area contributed by atoms with Crippen LogP contribution in [0.2, 0.25) is 0 Å². The molecule has 2 rings (SSSR count). The number of phenolic OH excluding ortho intramolecular Hbond substituents is 1. The van der Waals surface area contributed by atoms with E-state index in [1.54, 1.807) is 6.07 Å². The topological polar surface area (TPSA) is 29.5 Å². The molecule has 1 N–H and O–H groups in total. The quantitative estimate of drug-likeness (QED) is 0.791. The molecule has 0 radical (unpaired) electrons. The van der Waals surface area contributed by atoms with E-state index in [1.165, 1.54) is 0 Å². The predicted octanol–water partition coefficient (Wildman–Crippen LogP) is 3.59. The van der Waals surface area contributed by atoms with Gasteiger partial charge in [-0.15, -0.1) is 0 Å². The van der Waals surface area contributed by atoms with Gasteiger partial charge < -0.3 is 9.84 Å². The van der Waals surface area contributed by atoms with E-state index in [9.17, 15) is 5.11 Å². The van der Waals surface area contributed by atoms with Crippen LogP contribution in [0.1, 0.15) is 19.4 Å². The summed E-state index contributed by atoms with van der Waals surface area (Å²) in [5, 5.41) is 9.93. The van der Waals surface area contributed by atoms with Crippen LogP contribution < -0.4 is 4.74 Å². The second-order valence-electron chi connectivity index (χ2n) is 4.07. The van der Waals surface area contributed by atoms with Crippen molar-refractivity contribution in [2.45, 2.75) is 19.3 Å². The Morgan fingerprint density at radius 3 is 2.64 bits per heavy atom. The molecule has 4 heteroatoms. The van der Waals surface area contributed by atoms with Crippen molar-refractivity contribution in [3.05, 3.63) is 20.6 Å². The first-order valence-electron chi connectivity index (χ1n) is 4.28. The smallest absolute Gasteiger partial charge is 0.141 e. The summed E-state index contributed by atoms with van der Waals surface area (Å²) >= 11 is 6.73. The van der Waals surface area contributed by atoms with Crippen LogP contribution in [0.25, 0.3) is 0 Å². The van der Waals surface area contributed by atoms with Gasteiger partial charge in [0, 0.05) is 11.0 Å². The molecule has 0 saturated carbocycles. The summed E-state index contributed by atoms with van der Waals surface area (Å²) in [6, 6.07) is 1.80. The maximum atomic E-state index is 9.93. The van der Waals surface area contributed by atoms with E-state index in [4.69, 9.17) is 4.74 Å². The fourth-order valence-electron chi connectivity index (χ4n) is 1.69. The summed E-state index contributed by atoms with van der Waals surface area (Å²) in [5.41, 5.74) is 0.741. The summed E-state index contributed by atoms with van der Waals surface area (Å²) in [7, 11) is 0. The lowest BCUT2D eigenvalue weighted by molar-refractivity contribution is 0.289. The lowest BCUT2D eigenvalue weighted by Crippen LogP contribution is -2.18. The van der Waals surface area contributed by atoms with Gasteiger partial charge in [0.05, 0.1) is 15.6 Å². The number of benzene rings is 1. The number of ether oxygens (including phenoxy) is 1. The highest BCUT2D eigenvalue weighted by Gasteiger charge is 2.37. The summed E-state index contributed by atoms with van der Waals surface area (Å²) in [6.07, 6.45) is 0. The van der Waals surface area contributed by atoms with E-state index in [-0.39, 0.29) is 11.2 Å². The van der Waals surface area contributed by atoms with Crippen LogP contribution in [-0.2, 0) is 5.41 Å². The van der Waals surface area contributed by atoms with Gasteiger partial charge in [0.2, 0.25) is 0 Å². The van der Waals surface area contributed by atoms with Crippen molar-refractivity contribution in [2.75, 3.05) is 6.61 Å². The van der Waals surface area contributed by atoms with Gasteiger partial charge in [-0.2, -0.15) is 0 Å². The summed E-state index contributed by atoms with van der Waals surface area (Å²) in [5.74, 6) is 1.04. The minimum absolute atomic E-state index is 0.133. The van der Waals surface area contributed by atoms with E-state index < -0.39 is 0 Å². The normalized spacial score (nSPS) is 17.7. The number of aromatic hydroxyl groups is 1. The largest absolute Gasteiger partial charge is 0.506 e. The van der Waals surface area contributed by atoms with Crippen LogP contribution >= 0.6 is 31.9 Å². The first-order valence-corrected chi connectivity index (χ1v) is 5.86. The van der Waals surface area contributed by atoms with Gasteiger partial charge in [-0.1, -0.05) is 13.8 Å². The molecule has 1 aliphatic rings. The van der Waals surface area contributed by atoms with E-state index in [1.807, 2.05) is 0 Å². The SMILES string of the molecule is CC1(C)COc2c(Br)cc(Br)c(O)c21. The van der Waals surface area contributed by atoms with Crippen LogP contribution in [0.3, 0.4) is 0 Å². The molecule has 0 spiro atoms. The molecule has 14 heavy (non-hydrogen) atoms. The Labute approximate surface area is 99.5 Å². The molecule has 0 saturated heterocycles. The molecule has 1 aromatic rings. The summed E-state index contributed by atoms with van der Waals surface area (Å²) in [4.78, 5) is 0. The Morgan fingerprint density at radius 2 is 2.00 bits per heavy atom. The number of fused-ring (bicyclic) bond motifs is 1. The summed E-state index contributed by atoms with van der Waals surface area (Å²) in [6.45, 7) is 4.71. The highest BCUT2D eigenvalue weighted by atomic mass is 79.9. The Hall–Kier alpha value is -0.220. The molecule has 0 amide bonds. The molecule has 2 nitrogen and oxygen atoms in total. The van der Waals surface area contributed by atoms with Crippen molar-refractivity contribution in [1.29, 1.82) is 0 Å². The van der Waals surface area contributed by atoms with Crippen molar-refractivity contribution < 1.29 is 9.84 Å². The molecular weight excluding hydrogens is 312 g/mol. The minimum atomic E-state index is -0.133. The third-order valence-electron chi connectivity index (χ3n) is 2.41. The van der Waals surface area contributed by atoms with Gasteiger partial charge >= 0.3 is 0 Å². The lowest BCUT2D eigenvalue weighted by Gasteiger charge is -2.17. The monoisotopic (exact) mass is 320 g/mol. The van der Waals surface area contributed by atoms with Gasteiger partial charge in [0.1, 0.15) is 11.5 Å². The number of hydrogen-bond acceptors (Lipinski definition) is 2. The van der Waals surface area contributed by atoms with Gasteiger partial charge in [-0.05, 0) is 37.9 Å². The number of phenols is 1. The first kappa shape index (κ1) is 10.3. The Bertz CT molecular complexity index is 400. The fourth-order valence-corrected chi connectivity index (χ4v) is 2.96. The van der Waals surface area contributed by atoms with Crippen molar-refractivity contribution in [3.8, 4) is 11.5 Å². The fraction of sp³-hybridized carbons (Fsp3) is 0.400. The van der Waals surface area contributed by atoms with Crippen molar-refractivity contribution in [2.24, 2.45) is 0 Å². The molecule has 76 valence electrons. The molecule has 1 aromatic carbocycles. The zero-order chi connectivity index (χ0) is 10.5. The molecule has 0 atom stereocenters. The van der Waals surface area contributed by atoms with Crippen LogP contribution in [0.5, 0.6) is 11.5 Å². The first-order chi connectivity index (χ1) is 6.43. The highest BCUT2D eigenvalue weighted by Crippen LogP contribution is 2.50. The van der Waals surface area contributed by atoms with E-state index in [0.717, 1.165) is 15.8 Å². The molecule has 1 heterocycles. The highest BCUT2D eigenvalue weighted by molar-refractivity contribution is 9.11.